The molecule has 0 aliphatic carbocycles. The van der Waals surface area contributed by atoms with Gasteiger partial charge in [0.1, 0.15) is 0 Å². The molecule has 0 saturated heterocycles. The van der Waals surface area contributed by atoms with Crippen LogP contribution in [-0.4, -0.2) is 49.6 Å². The second-order valence-corrected chi connectivity index (χ2v) is 6.22. The minimum Gasteiger partial charge on any atom is -0.357 e. The van der Waals surface area contributed by atoms with Crippen molar-refractivity contribution in [2.45, 2.75) is 66.5 Å². The summed E-state index contributed by atoms with van der Waals surface area (Å²) in [7, 11) is 2.18. The molecular weight excluding hydrogens is 248 g/mol. The number of aliphatic imine (C=N–C) groups is 1. The van der Waals surface area contributed by atoms with Crippen molar-refractivity contribution in [3.63, 3.8) is 0 Å². The van der Waals surface area contributed by atoms with Crippen LogP contribution in [0.15, 0.2) is 4.99 Å². The fourth-order valence-corrected chi connectivity index (χ4v) is 1.62. The van der Waals surface area contributed by atoms with E-state index in [0.29, 0.717) is 18.0 Å². The summed E-state index contributed by atoms with van der Waals surface area (Å²) >= 11 is 0. The highest BCUT2D eigenvalue weighted by Crippen LogP contribution is 2.00. The van der Waals surface area contributed by atoms with Gasteiger partial charge in [0.2, 0.25) is 0 Å². The molecule has 0 bridgehead atoms. The second kappa shape index (κ2) is 11.0. The third-order valence-corrected chi connectivity index (χ3v) is 3.78. The van der Waals surface area contributed by atoms with E-state index in [-0.39, 0.29) is 0 Å². The fourth-order valence-electron chi connectivity index (χ4n) is 1.62. The first-order chi connectivity index (χ1) is 9.38. The van der Waals surface area contributed by atoms with E-state index in [4.69, 9.17) is 0 Å². The van der Waals surface area contributed by atoms with Crippen LogP contribution in [0.3, 0.4) is 0 Å². The van der Waals surface area contributed by atoms with Gasteiger partial charge in [-0.15, -0.1) is 0 Å². The summed E-state index contributed by atoms with van der Waals surface area (Å²) in [5.74, 6) is 1.56. The first-order valence-corrected chi connectivity index (χ1v) is 8.13. The average Bonchev–Trinajstić information content (AvgIpc) is 2.37. The Morgan fingerprint density at radius 3 is 2.25 bits per heavy atom. The van der Waals surface area contributed by atoms with Crippen LogP contribution in [0, 0.1) is 5.92 Å². The van der Waals surface area contributed by atoms with Gasteiger partial charge in [-0.3, -0.25) is 4.99 Å². The van der Waals surface area contributed by atoms with Gasteiger partial charge in [-0.2, -0.15) is 0 Å². The van der Waals surface area contributed by atoms with Gasteiger partial charge < -0.3 is 15.5 Å². The van der Waals surface area contributed by atoms with Gasteiger partial charge in [0.15, 0.2) is 5.96 Å². The van der Waals surface area contributed by atoms with Crippen molar-refractivity contribution in [2.75, 3.05) is 26.7 Å². The molecular formula is C16H36N4. The number of rotatable bonds is 9. The maximum atomic E-state index is 4.65. The minimum absolute atomic E-state index is 0.444. The molecule has 1 atom stereocenters. The zero-order valence-corrected chi connectivity index (χ0v) is 14.7. The molecule has 4 heteroatoms. The molecule has 4 nitrogen and oxygen atoms in total. The summed E-state index contributed by atoms with van der Waals surface area (Å²) in [5.41, 5.74) is 0. The van der Waals surface area contributed by atoms with E-state index in [0.717, 1.165) is 32.0 Å². The first-order valence-electron chi connectivity index (χ1n) is 8.13. The van der Waals surface area contributed by atoms with Gasteiger partial charge in [0.25, 0.3) is 0 Å². The van der Waals surface area contributed by atoms with E-state index in [2.05, 4.69) is 69.1 Å². The van der Waals surface area contributed by atoms with E-state index in [1.807, 2.05) is 0 Å². The maximum absolute atomic E-state index is 4.65. The average molecular weight is 284 g/mol. The number of unbranched alkanes of at least 4 members (excludes halogenated alkanes) is 1. The number of hydrogen-bond acceptors (Lipinski definition) is 2. The van der Waals surface area contributed by atoms with Crippen LogP contribution in [0.2, 0.25) is 0 Å². The van der Waals surface area contributed by atoms with Gasteiger partial charge in [-0.25, -0.2) is 0 Å². The molecule has 0 amide bonds. The molecule has 0 heterocycles. The van der Waals surface area contributed by atoms with E-state index < -0.39 is 0 Å². The van der Waals surface area contributed by atoms with Crippen LogP contribution in [-0.2, 0) is 0 Å². The molecule has 0 saturated carbocycles. The van der Waals surface area contributed by atoms with Crippen molar-refractivity contribution in [3.8, 4) is 0 Å². The summed E-state index contributed by atoms with van der Waals surface area (Å²) in [6, 6.07) is 1.07. The number of guanidine groups is 1. The third-order valence-electron chi connectivity index (χ3n) is 3.78. The van der Waals surface area contributed by atoms with Crippen LogP contribution < -0.4 is 10.6 Å². The summed E-state index contributed by atoms with van der Waals surface area (Å²) in [6.07, 6.45) is 2.35. The molecule has 0 aromatic carbocycles. The predicted octanol–water partition coefficient (Wildman–Crippen LogP) is 2.71. The highest BCUT2D eigenvalue weighted by molar-refractivity contribution is 5.80. The lowest BCUT2D eigenvalue weighted by molar-refractivity contribution is 0.269. The van der Waals surface area contributed by atoms with Gasteiger partial charge in [-0.1, -0.05) is 13.8 Å². The zero-order valence-electron chi connectivity index (χ0n) is 14.7. The lowest BCUT2D eigenvalue weighted by Crippen LogP contribution is -2.44. The summed E-state index contributed by atoms with van der Waals surface area (Å²) in [6.45, 7) is 16.2. The summed E-state index contributed by atoms with van der Waals surface area (Å²) < 4.78 is 0. The third kappa shape index (κ3) is 9.18. The second-order valence-electron chi connectivity index (χ2n) is 6.22. The predicted molar refractivity (Wildman–Crippen MR) is 90.4 cm³/mol. The van der Waals surface area contributed by atoms with Crippen LogP contribution in [0.5, 0.6) is 0 Å². The summed E-state index contributed by atoms with van der Waals surface area (Å²) in [4.78, 5) is 7.04. The van der Waals surface area contributed by atoms with Crippen molar-refractivity contribution in [1.29, 1.82) is 0 Å². The monoisotopic (exact) mass is 284 g/mol. The van der Waals surface area contributed by atoms with Crippen LogP contribution in [0.4, 0.5) is 0 Å². The Bertz CT molecular complexity index is 261. The molecule has 0 rings (SSSR count). The first kappa shape index (κ1) is 19.2. The Morgan fingerprint density at radius 2 is 1.75 bits per heavy atom. The molecule has 0 aliphatic heterocycles. The zero-order chi connectivity index (χ0) is 15.5. The van der Waals surface area contributed by atoms with Crippen molar-refractivity contribution in [3.05, 3.63) is 0 Å². The quantitative estimate of drug-likeness (QED) is 0.388. The molecule has 1 unspecified atom stereocenters. The van der Waals surface area contributed by atoms with Crippen molar-refractivity contribution in [2.24, 2.45) is 10.9 Å². The van der Waals surface area contributed by atoms with Crippen LogP contribution in [0.25, 0.3) is 0 Å². The van der Waals surface area contributed by atoms with Crippen molar-refractivity contribution < 1.29 is 0 Å². The lowest BCUT2D eigenvalue weighted by atomic mass is 10.1. The maximum Gasteiger partial charge on any atom is 0.191 e. The highest BCUT2D eigenvalue weighted by Gasteiger charge is 2.08. The van der Waals surface area contributed by atoms with Gasteiger partial charge in [-0.05, 0) is 60.0 Å². The summed E-state index contributed by atoms with van der Waals surface area (Å²) in [5, 5.41) is 6.78. The largest absolute Gasteiger partial charge is 0.357 e. The number of nitrogens with one attached hydrogen (secondary N) is 2. The molecule has 120 valence electrons. The van der Waals surface area contributed by atoms with Crippen LogP contribution in [0.1, 0.15) is 54.4 Å². The number of nitrogens with zero attached hydrogens (tertiary/aromatic N) is 2. The fraction of sp³-hybridized carbons (Fsp3) is 0.938. The molecule has 0 aromatic heterocycles. The van der Waals surface area contributed by atoms with Crippen LogP contribution >= 0.6 is 0 Å². The van der Waals surface area contributed by atoms with E-state index >= 15 is 0 Å². The Morgan fingerprint density at radius 1 is 1.10 bits per heavy atom. The Balaban J connectivity index is 4.02. The normalized spacial score (nSPS) is 14.2. The van der Waals surface area contributed by atoms with E-state index in [1.165, 1.54) is 6.42 Å². The lowest BCUT2D eigenvalue weighted by Gasteiger charge is -2.21. The van der Waals surface area contributed by atoms with E-state index in [9.17, 15) is 0 Å². The van der Waals surface area contributed by atoms with Gasteiger partial charge in [0.05, 0.1) is 0 Å². The Labute approximate surface area is 126 Å². The Hall–Kier alpha value is -0.770. The van der Waals surface area contributed by atoms with Crippen molar-refractivity contribution in [1.82, 2.24) is 15.5 Å². The topological polar surface area (TPSA) is 39.7 Å². The minimum atomic E-state index is 0.444. The molecule has 0 fully saturated rings. The smallest absolute Gasteiger partial charge is 0.191 e. The van der Waals surface area contributed by atoms with Crippen molar-refractivity contribution >= 4 is 5.96 Å². The standard InChI is InChI=1S/C16H36N4/c1-8-17-16(19-15(6)13(2)3)18-11-9-10-12-20(7)14(4)5/h13-15H,8-12H2,1-7H3,(H2,17,18,19). The molecule has 0 spiro atoms. The SMILES string of the molecule is CCNC(=NCCCCN(C)C(C)C)NC(C)C(C)C. The Kier molecular flexibility index (Phi) is 10.5. The highest BCUT2D eigenvalue weighted by atomic mass is 15.2. The van der Waals surface area contributed by atoms with Gasteiger partial charge >= 0.3 is 0 Å². The van der Waals surface area contributed by atoms with E-state index in [1.54, 1.807) is 0 Å². The molecule has 0 radical (unpaired) electrons. The molecule has 0 aliphatic rings. The number of hydrogen-bond donors (Lipinski definition) is 2. The molecule has 20 heavy (non-hydrogen) atoms. The van der Waals surface area contributed by atoms with Gasteiger partial charge in [0, 0.05) is 25.2 Å². The molecule has 0 aromatic rings. The molecule has 2 N–H and O–H groups in total.